The van der Waals surface area contributed by atoms with Gasteiger partial charge in [0, 0.05) is 0 Å². The van der Waals surface area contributed by atoms with Crippen LogP contribution in [-0.2, 0) is 16.3 Å². The van der Waals surface area contributed by atoms with Gasteiger partial charge in [-0.25, -0.2) is 8.42 Å². The van der Waals surface area contributed by atoms with Crippen molar-refractivity contribution in [3.63, 3.8) is 0 Å². The van der Waals surface area contributed by atoms with E-state index in [-0.39, 0.29) is 35.5 Å². The molecule has 0 saturated heterocycles. The number of rotatable bonds is 6. The smallest absolute Gasteiger partial charge is 0.156 e. The van der Waals surface area contributed by atoms with E-state index in [2.05, 4.69) is 0 Å². The van der Waals surface area contributed by atoms with Crippen molar-refractivity contribution < 1.29 is 36.9 Å². The van der Waals surface area contributed by atoms with Gasteiger partial charge in [0.25, 0.3) is 0 Å². The third kappa shape index (κ3) is 8.05. The molecule has 0 fully saturated rings. The molecule has 0 spiro atoms. The van der Waals surface area contributed by atoms with Crippen LogP contribution in [0.15, 0.2) is 30.3 Å². The van der Waals surface area contributed by atoms with Crippen molar-refractivity contribution in [2.45, 2.75) is 6.42 Å². The molecule has 0 saturated carbocycles. The molecule has 0 aliphatic rings. The van der Waals surface area contributed by atoms with E-state index < -0.39 is 9.84 Å². The summed E-state index contributed by atoms with van der Waals surface area (Å²) in [6, 6.07) is 9.75. The van der Waals surface area contributed by atoms with Crippen molar-refractivity contribution >= 4 is 9.84 Å². The Bertz CT molecular complexity index is 438. The Morgan fingerprint density at radius 2 is 1.56 bits per heavy atom. The summed E-state index contributed by atoms with van der Waals surface area (Å²) in [4.78, 5) is 0. The van der Waals surface area contributed by atoms with Gasteiger partial charge in [0.2, 0.25) is 0 Å². The van der Waals surface area contributed by atoms with Gasteiger partial charge < -0.3 is 28.5 Å². The van der Waals surface area contributed by atoms with Crippen molar-refractivity contribution in [1.29, 1.82) is 0 Å². The van der Waals surface area contributed by atoms with Gasteiger partial charge in [-0.05, 0) is 12.0 Å². The maximum Gasteiger partial charge on any atom is 0.156 e. The molecule has 1 aromatic rings. The number of hydrogen-bond acceptors (Lipinski definition) is 2. The van der Waals surface area contributed by atoms with Gasteiger partial charge in [-0.1, -0.05) is 30.3 Å². The van der Waals surface area contributed by atoms with Crippen LogP contribution in [-0.4, -0.2) is 52.1 Å². The van der Waals surface area contributed by atoms with Crippen LogP contribution in [0, 0.1) is 0 Å². The molecule has 0 aromatic heterocycles. The van der Waals surface area contributed by atoms with Crippen LogP contribution < -0.4 is 24.0 Å². The quantitative estimate of drug-likeness (QED) is 0.436. The maximum atomic E-state index is 11.8. The Labute approximate surface area is 128 Å². The maximum absolute atomic E-state index is 11.8. The van der Waals surface area contributed by atoms with E-state index in [1.807, 2.05) is 51.5 Å². The molecular formula is C13H22INO2S. The number of nitrogens with zero attached hydrogens (tertiary/aromatic N) is 1. The van der Waals surface area contributed by atoms with Crippen LogP contribution in [0.4, 0.5) is 0 Å². The summed E-state index contributed by atoms with van der Waals surface area (Å²) >= 11 is 0. The first-order chi connectivity index (χ1) is 7.79. The standard InChI is InChI=1S/C13H22NO2S.HI/c1-14(2,3)10-12-17(15,16)11-9-13-7-5-4-6-8-13;/h4-8H,9-12H2,1-3H3;1H/q+1;/p-1. The largest absolute Gasteiger partial charge is 1.00 e. The Hall–Kier alpha value is -0.140. The number of halogens is 1. The summed E-state index contributed by atoms with van der Waals surface area (Å²) in [5, 5.41) is 0. The Balaban J connectivity index is 0.00000289. The van der Waals surface area contributed by atoms with Crippen LogP contribution in [0.1, 0.15) is 5.56 Å². The van der Waals surface area contributed by atoms with Crippen molar-refractivity contribution in [1.82, 2.24) is 0 Å². The molecule has 1 aromatic carbocycles. The summed E-state index contributed by atoms with van der Waals surface area (Å²) in [7, 11) is 3.09. The molecule has 0 N–H and O–H groups in total. The molecule has 1 rings (SSSR count). The molecule has 0 aliphatic heterocycles. The molecule has 0 bridgehead atoms. The molecule has 104 valence electrons. The summed E-state index contributed by atoms with van der Waals surface area (Å²) in [6.07, 6.45) is 0.611. The van der Waals surface area contributed by atoms with Gasteiger partial charge in [0.05, 0.1) is 39.2 Å². The fraction of sp³-hybridized carbons (Fsp3) is 0.538. The lowest BCUT2D eigenvalue weighted by Gasteiger charge is -2.23. The van der Waals surface area contributed by atoms with Crippen molar-refractivity contribution in [2.75, 3.05) is 39.2 Å². The molecule has 0 heterocycles. The van der Waals surface area contributed by atoms with Crippen LogP contribution in [0.25, 0.3) is 0 Å². The molecule has 5 heteroatoms. The van der Waals surface area contributed by atoms with E-state index in [4.69, 9.17) is 0 Å². The molecule has 0 aliphatic carbocycles. The second-order valence-corrected chi connectivity index (χ2v) is 7.70. The molecule has 0 atom stereocenters. The van der Waals surface area contributed by atoms with Gasteiger partial charge in [0.15, 0.2) is 9.84 Å². The van der Waals surface area contributed by atoms with Crippen LogP contribution in [0.3, 0.4) is 0 Å². The lowest BCUT2D eigenvalue weighted by Crippen LogP contribution is -3.00. The third-order valence-corrected chi connectivity index (χ3v) is 4.25. The minimum absolute atomic E-state index is 0. The van der Waals surface area contributed by atoms with E-state index >= 15 is 0 Å². The lowest BCUT2D eigenvalue weighted by molar-refractivity contribution is -0.867. The zero-order valence-electron chi connectivity index (χ0n) is 11.3. The zero-order chi connectivity index (χ0) is 12.9. The monoisotopic (exact) mass is 383 g/mol. The summed E-state index contributed by atoms with van der Waals surface area (Å²) < 4.78 is 24.4. The summed E-state index contributed by atoms with van der Waals surface area (Å²) in [5.41, 5.74) is 1.08. The van der Waals surface area contributed by atoms with Crippen LogP contribution in [0.5, 0.6) is 0 Å². The Kier molecular flexibility index (Phi) is 7.39. The van der Waals surface area contributed by atoms with Crippen molar-refractivity contribution in [3.05, 3.63) is 35.9 Å². The van der Waals surface area contributed by atoms with E-state index in [1.54, 1.807) is 0 Å². The normalized spacial score (nSPS) is 11.9. The Morgan fingerprint density at radius 1 is 1.00 bits per heavy atom. The van der Waals surface area contributed by atoms with E-state index in [9.17, 15) is 8.42 Å². The highest BCUT2D eigenvalue weighted by Gasteiger charge is 2.16. The number of sulfone groups is 1. The lowest BCUT2D eigenvalue weighted by atomic mass is 10.2. The molecule has 3 nitrogen and oxygen atoms in total. The van der Waals surface area contributed by atoms with Gasteiger partial charge in [0.1, 0.15) is 0 Å². The van der Waals surface area contributed by atoms with E-state index in [0.29, 0.717) is 17.4 Å². The van der Waals surface area contributed by atoms with Crippen molar-refractivity contribution in [2.24, 2.45) is 0 Å². The molecule has 0 unspecified atom stereocenters. The summed E-state index contributed by atoms with van der Waals surface area (Å²) in [5.74, 6) is 0.514. The van der Waals surface area contributed by atoms with Crippen molar-refractivity contribution in [3.8, 4) is 0 Å². The van der Waals surface area contributed by atoms with Gasteiger partial charge in [-0.15, -0.1) is 0 Å². The first kappa shape index (κ1) is 17.9. The van der Waals surface area contributed by atoms with Crippen LogP contribution >= 0.6 is 0 Å². The zero-order valence-corrected chi connectivity index (χ0v) is 14.2. The third-order valence-electron chi connectivity index (χ3n) is 2.62. The number of hydrogen-bond donors (Lipinski definition) is 0. The minimum Gasteiger partial charge on any atom is -1.00 e. The minimum atomic E-state index is -2.93. The highest BCUT2D eigenvalue weighted by atomic mass is 127. The molecule has 0 amide bonds. The first-order valence-electron chi connectivity index (χ1n) is 5.83. The fourth-order valence-corrected chi connectivity index (χ4v) is 3.01. The summed E-state index contributed by atoms with van der Waals surface area (Å²) in [6.45, 7) is 0.664. The van der Waals surface area contributed by atoms with E-state index in [1.165, 1.54) is 0 Å². The highest BCUT2D eigenvalue weighted by molar-refractivity contribution is 7.91. The second kappa shape index (κ2) is 7.45. The first-order valence-corrected chi connectivity index (χ1v) is 7.65. The fourth-order valence-electron chi connectivity index (χ4n) is 1.43. The molecule has 18 heavy (non-hydrogen) atoms. The van der Waals surface area contributed by atoms with E-state index in [0.717, 1.165) is 5.56 Å². The number of quaternary nitrogens is 1. The average molecular weight is 383 g/mol. The molecular weight excluding hydrogens is 361 g/mol. The highest BCUT2D eigenvalue weighted by Crippen LogP contribution is 2.03. The van der Waals surface area contributed by atoms with Gasteiger partial charge in [-0.3, -0.25) is 0 Å². The molecule has 0 radical (unpaired) electrons. The predicted octanol–water partition coefficient (Wildman–Crippen LogP) is -1.65. The topological polar surface area (TPSA) is 34.1 Å². The average Bonchev–Trinajstić information content (AvgIpc) is 2.25. The number of benzene rings is 1. The predicted molar refractivity (Wildman–Crippen MR) is 71.7 cm³/mol. The SMILES string of the molecule is C[N+](C)(C)CCS(=O)(=O)CCc1ccccc1.[I-]. The van der Waals surface area contributed by atoms with Gasteiger partial charge >= 0.3 is 0 Å². The Morgan fingerprint density at radius 3 is 2.06 bits per heavy atom. The number of aryl methyl sites for hydroxylation is 1. The van der Waals surface area contributed by atoms with Gasteiger partial charge in [-0.2, -0.15) is 0 Å². The van der Waals surface area contributed by atoms with Crippen LogP contribution in [0.2, 0.25) is 0 Å². The second-order valence-electron chi connectivity index (χ2n) is 5.40.